The molecule has 1 unspecified atom stereocenters. The van der Waals surface area contributed by atoms with Gasteiger partial charge in [-0.2, -0.15) is 0 Å². The Morgan fingerprint density at radius 2 is 1.78 bits per heavy atom. The van der Waals surface area contributed by atoms with Crippen molar-refractivity contribution in [2.45, 2.75) is 26.7 Å². The molecular formula is C15H18O3. The van der Waals surface area contributed by atoms with E-state index in [4.69, 9.17) is 5.11 Å². The molecule has 0 amide bonds. The van der Waals surface area contributed by atoms with Crippen LogP contribution in [0.2, 0.25) is 0 Å². The largest absolute Gasteiger partial charge is 0.481 e. The lowest BCUT2D eigenvalue weighted by Gasteiger charge is -2.18. The second kappa shape index (κ2) is 6.74. The number of hydrogen-bond donors (Lipinski definition) is 1. The maximum Gasteiger partial charge on any atom is 0.307 e. The van der Waals surface area contributed by atoms with Crippen molar-refractivity contribution in [2.75, 3.05) is 0 Å². The maximum atomic E-state index is 11.4. The van der Waals surface area contributed by atoms with E-state index < -0.39 is 11.9 Å². The highest BCUT2D eigenvalue weighted by atomic mass is 16.4. The van der Waals surface area contributed by atoms with E-state index in [9.17, 15) is 9.59 Å². The molecule has 0 radical (unpaired) electrons. The minimum Gasteiger partial charge on any atom is -0.481 e. The van der Waals surface area contributed by atoms with Crippen molar-refractivity contribution in [3.05, 3.63) is 42.0 Å². The lowest BCUT2D eigenvalue weighted by Crippen LogP contribution is -2.21. The first kappa shape index (κ1) is 14.2. The normalized spacial score (nSPS) is 18.4. The van der Waals surface area contributed by atoms with Gasteiger partial charge in [-0.3, -0.25) is 9.59 Å². The fourth-order valence-corrected chi connectivity index (χ4v) is 1.92. The minimum absolute atomic E-state index is 0.0995. The fourth-order valence-electron chi connectivity index (χ4n) is 1.92. The molecule has 3 heteroatoms. The zero-order valence-corrected chi connectivity index (χ0v) is 10.7. The molecule has 0 aliphatic heterocycles. The number of benzene rings is 1. The van der Waals surface area contributed by atoms with Crippen molar-refractivity contribution in [3.8, 4) is 0 Å². The monoisotopic (exact) mass is 246 g/mol. The summed E-state index contributed by atoms with van der Waals surface area (Å²) in [6.45, 7) is 4.00. The smallest absolute Gasteiger partial charge is 0.307 e. The van der Waals surface area contributed by atoms with Crippen LogP contribution >= 0.6 is 0 Å². The molecule has 0 spiro atoms. The Bertz CT molecular complexity index is 446. The summed E-state index contributed by atoms with van der Waals surface area (Å²) in [5.74, 6) is -1.57. The fraction of sp³-hybridized carbons (Fsp3) is 0.333. The number of aliphatic carboxylic acids is 1. The van der Waals surface area contributed by atoms with Gasteiger partial charge >= 0.3 is 5.97 Å². The maximum absolute atomic E-state index is 11.4. The molecule has 2 rings (SSSR count). The molecule has 1 aliphatic carbocycles. The van der Waals surface area contributed by atoms with Gasteiger partial charge in [0, 0.05) is 6.42 Å². The van der Waals surface area contributed by atoms with Gasteiger partial charge in [-0.25, -0.2) is 0 Å². The van der Waals surface area contributed by atoms with Crippen LogP contribution in [0.4, 0.5) is 0 Å². The van der Waals surface area contributed by atoms with E-state index in [0.29, 0.717) is 6.42 Å². The number of carboxylic acids is 1. The van der Waals surface area contributed by atoms with Crippen LogP contribution in [0.15, 0.2) is 36.4 Å². The molecule has 0 saturated carbocycles. The number of carbonyl (C=O) groups excluding carboxylic acids is 1. The average molecular weight is 246 g/mol. The van der Waals surface area contributed by atoms with E-state index in [0.717, 1.165) is 11.1 Å². The molecule has 3 nitrogen and oxygen atoms in total. The molecule has 0 heterocycles. The van der Waals surface area contributed by atoms with Crippen LogP contribution in [0.1, 0.15) is 32.3 Å². The average Bonchev–Trinajstić information content (AvgIpc) is 2.41. The van der Waals surface area contributed by atoms with Gasteiger partial charge in [0.2, 0.25) is 0 Å². The molecule has 0 fully saturated rings. The van der Waals surface area contributed by atoms with Gasteiger partial charge in [0.15, 0.2) is 5.78 Å². The van der Waals surface area contributed by atoms with Crippen LogP contribution in [0.25, 0.3) is 5.57 Å². The summed E-state index contributed by atoms with van der Waals surface area (Å²) >= 11 is 0. The van der Waals surface area contributed by atoms with Crippen LogP contribution in [0.3, 0.4) is 0 Å². The molecule has 0 bridgehead atoms. The second-order valence-electron chi connectivity index (χ2n) is 3.95. The Hall–Kier alpha value is -1.90. The Balaban J connectivity index is 0.000000771. The summed E-state index contributed by atoms with van der Waals surface area (Å²) in [7, 11) is 0. The molecule has 0 saturated heterocycles. The zero-order chi connectivity index (χ0) is 13.5. The van der Waals surface area contributed by atoms with E-state index >= 15 is 0 Å². The number of carbonyl (C=O) groups is 2. The summed E-state index contributed by atoms with van der Waals surface area (Å²) in [6.07, 6.45) is 2.12. The molecule has 1 atom stereocenters. The molecule has 1 aromatic carbocycles. The van der Waals surface area contributed by atoms with Crippen molar-refractivity contribution in [3.63, 3.8) is 0 Å². The van der Waals surface area contributed by atoms with Crippen molar-refractivity contribution in [1.82, 2.24) is 0 Å². The molecular weight excluding hydrogens is 228 g/mol. The second-order valence-corrected chi connectivity index (χ2v) is 3.95. The summed E-state index contributed by atoms with van der Waals surface area (Å²) in [5.41, 5.74) is 1.76. The van der Waals surface area contributed by atoms with E-state index in [1.807, 2.05) is 44.2 Å². The lowest BCUT2D eigenvalue weighted by atomic mass is 9.85. The van der Waals surface area contributed by atoms with Gasteiger partial charge in [-0.1, -0.05) is 44.2 Å². The van der Waals surface area contributed by atoms with Crippen LogP contribution in [0.5, 0.6) is 0 Å². The van der Waals surface area contributed by atoms with Crippen LogP contribution in [-0.4, -0.2) is 16.9 Å². The molecule has 96 valence electrons. The van der Waals surface area contributed by atoms with Crippen molar-refractivity contribution >= 4 is 17.3 Å². The summed E-state index contributed by atoms with van der Waals surface area (Å²) in [6, 6.07) is 9.44. The van der Waals surface area contributed by atoms with E-state index in [1.165, 1.54) is 0 Å². The zero-order valence-electron chi connectivity index (χ0n) is 10.7. The first-order valence-corrected chi connectivity index (χ1v) is 6.18. The highest BCUT2D eigenvalue weighted by molar-refractivity contribution is 6.01. The highest BCUT2D eigenvalue weighted by Gasteiger charge is 2.26. The van der Waals surface area contributed by atoms with E-state index in [1.54, 1.807) is 6.08 Å². The molecule has 1 aliphatic rings. The van der Waals surface area contributed by atoms with Gasteiger partial charge in [0.25, 0.3) is 0 Å². The predicted octanol–water partition coefficient (Wildman–Crippen LogP) is 3.16. The SMILES string of the molecule is CC.O=C1C=C(c2ccccc2)CC(C(=O)O)C1. The third-order valence-electron chi connectivity index (χ3n) is 2.74. The number of allylic oxidation sites excluding steroid dienone is 2. The van der Waals surface area contributed by atoms with Gasteiger partial charge in [0.1, 0.15) is 0 Å². The summed E-state index contributed by atoms with van der Waals surface area (Å²) in [5, 5.41) is 8.94. The third-order valence-corrected chi connectivity index (χ3v) is 2.74. The van der Waals surface area contributed by atoms with Gasteiger partial charge in [-0.15, -0.1) is 0 Å². The Kier molecular flexibility index (Phi) is 5.31. The lowest BCUT2D eigenvalue weighted by molar-refractivity contribution is -0.143. The van der Waals surface area contributed by atoms with Crippen LogP contribution in [0, 0.1) is 5.92 Å². The van der Waals surface area contributed by atoms with Gasteiger partial charge < -0.3 is 5.11 Å². The first-order chi connectivity index (χ1) is 8.66. The molecule has 1 aromatic rings. The van der Waals surface area contributed by atoms with Gasteiger partial charge in [0.05, 0.1) is 5.92 Å². The van der Waals surface area contributed by atoms with Crippen molar-refractivity contribution in [2.24, 2.45) is 5.92 Å². The van der Waals surface area contributed by atoms with Crippen molar-refractivity contribution in [1.29, 1.82) is 0 Å². The predicted molar refractivity (Wildman–Crippen MR) is 71.1 cm³/mol. The summed E-state index contributed by atoms with van der Waals surface area (Å²) < 4.78 is 0. The number of carboxylic acid groups (broad SMARTS) is 1. The quantitative estimate of drug-likeness (QED) is 0.872. The topological polar surface area (TPSA) is 54.4 Å². The van der Waals surface area contributed by atoms with Crippen molar-refractivity contribution < 1.29 is 14.7 Å². The Morgan fingerprint density at radius 1 is 1.17 bits per heavy atom. The summed E-state index contributed by atoms with van der Waals surface area (Å²) in [4.78, 5) is 22.3. The Morgan fingerprint density at radius 3 is 2.33 bits per heavy atom. The molecule has 1 N–H and O–H groups in total. The van der Waals surface area contributed by atoms with Crippen LogP contribution in [-0.2, 0) is 9.59 Å². The highest BCUT2D eigenvalue weighted by Crippen LogP contribution is 2.29. The first-order valence-electron chi connectivity index (χ1n) is 6.18. The Labute approximate surface area is 107 Å². The van der Waals surface area contributed by atoms with Crippen LogP contribution < -0.4 is 0 Å². The standard InChI is InChI=1S/C13H12O3.C2H6/c14-12-7-10(6-11(8-12)13(15)16)9-4-2-1-3-5-9;1-2/h1-5,7,11H,6,8H2,(H,15,16);1-2H3. The molecule has 0 aromatic heterocycles. The number of rotatable bonds is 2. The third kappa shape index (κ3) is 3.55. The van der Waals surface area contributed by atoms with E-state index in [2.05, 4.69) is 0 Å². The number of hydrogen-bond acceptors (Lipinski definition) is 2. The minimum atomic E-state index is -0.894. The number of ketones is 1. The van der Waals surface area contributed by atoms with Gasteiger partial charge in [-0.05, 0) is 23.6 Å². The molecule has 18 heavy (non-hydrogen) atoms. The van der Waals surface area contributed by atoms with E-state index in [-0.39, 0.29) is 12.2 Å².